The zero-order valence-corrected chi connectivity index (χ0v) is 54.5. The fourth-order valence-electron chi connectivity index (χ4n) is 16.6. The number of anilines is 6. The molecule has 0 saturated carbocycles. The Morgan fingerprint density at radius 2 is 0.536 bits per heavy atom. The van der Waals surface area contributed by atoms with Crippen molar-refractivity contribution in [3.05, 3.63) is 346 Å². The molecule has 0 bridgehead atoms. The third-order valence-electron chi connectivity index (χ3n) is 21.6. The second-order valence-electron chi connectivity index (χ2n) is 27.9. The molecule has 0 unspecified atom stereocenters. The normalized spacial score (nSPS) is 14.7. The number of rotatable bonds is 10. The highest BCUT2D eigenvalue weighted by Crippen LogP contribution is 2.57. The molecule has 4 aliphatic carbocycles. The van der Waals surface area contributed by atoms with Crippen LogP contribution in [0.25, 0.3) is 101 Å². The average molecular weight is 1240 g/mol. The minimum Gasteiger partial charge on any atom is -0.279 e. The van der Waals surface area contributed by atoms with Gasteiger partial charge in [0.1, 0.15) is 23.3 Å². The lowest BCUT2D eigenvalue weighted by Crippen LogP contribution is -2.26. The van der Waals surface area contributed by atoms with E-state index in [4.69, 9.17) is 19.9 Å². The van der Waals surface area contributed by atoms with E-state index < -0.39 is 0 Å². The van der Waals surface area contributed by atoms with Gasteiger partial charge in [0.05, 0.1) is 22.1 Å². The molecule has 6 nitrogen and oxygen atoms in total. The number of hydrogen-bond donors (Lipinski definition) is 0. The molecule has 15 aromatic rings. The third-order valence-corrected chi connectivity index (χ3v) is 21.6. The van der Waals surface area contributed by atoms with Gasteiger partial charge in [-0.3, -0.25) is 9.80 Å². The Hall–Kier alpha value is -11.9. The largest absolute Gasteiger partial charge is 0.279 e. The number of para-hydroxylation sites is 4. The first-order valence-corrected chi connectivity index (χ1v) is 33.8. The first kappa shape index (κ1) is 56.7. The lowest BCUT2D eigenvalue weighted by atomic mass is 9.75. The second-order valence-corrected chi connectivity index (χ2v) is 27.9. The monoisotopic (exact) mass is 1240 g/mol. The predicted molar refractivity (Wildman–Crippen MR) is 403 cm³/mol. The molecule has 4 aliphatic rings. The molecule has 0 atom stereocenters. The van der Waals surface area contributed by atoms with Crippen molar-refractivity contribution in [1.29, 1.82) is 0 Å². The van der Waals surface area contributed by atoms with Crippen LogP contribution >= 0.6 is 0 Å². The van der Waals surface area contributed by atoms with E-state index in [2.05, 4.69) is 341 Å². The van der Waals surface area contributed by atoms with Gasteiger partial charge in [0.25, 0.3) is 0 Å². The second kappa shape index (κ2) is 21.6. The summed E-state index contributed by atoms with van der Waals surface area (Å²) >= 11 is 0. The molecule has 11 aromatic carbocycles. The topological polar surface area (TPSA) is 58.0 Å². The summed E-state index contributed by atoms with van der Waals surface area (Å²) in [4.78, 5) is 25.3. The van der Waals surface area contributed by atoms with Crippen molar-refractivity contribution in [2.24, 2.45) is 0 Å². The summed E-state index contributed by atoms with van der Waals surface area (Å²) in [6.07, 6.45) is 11.2. The van der Waals surface area contributed by atoms with Crippen molar-refractivity contribution in [1.82, 2.24) is 19.9 Å². The Bertz CT molecular complexity index is 5370. The van der Waals surface area contributed by atoms with Gasteiger partial charge in [-0.1, -0.05) is 234 Å². The maximum absolute atomic E-state index is 5.23. The van der Waals surface area contributed by atoms with Crippen LogP contribution in [0.15, 0.2) is 279 Å². The summed E-state index contributed by atoms with van der Waals surface area (Å²) in [6, 6.07) is 102. The van der Waals surface area contributed by atoms with Crippen molar-refractivity contribution in [2.75, 3.05) is 9.80 Å². The Balaban J connectivity index is 0.610. The Kier molecular flexibility index (Phi) is 12.6. The van der Waals surface area contributed by atoms with Crippen LogP contribution in [0.4, 0.5) is 34.6 Å². The Labute approximate surface area is 564 Å². The number of aromatic nitrogens is 4. The fourth-order valence-corrected chi connectivity index (χ4v) is 16.6. The third kappa shape index (κ3) is 9.15. The molecule has 97 heavy (non-hydrogen) atoms. The molecule has 6 heteroatoms. The van der Waals surface area contributed by atoms with E-state index in [0.29, 0.717) is 0 Å². The van der Waals surface area contributed by atoms with Gasteiger partial charge in [0, 0.05) is 49.2 Å². The van der Waals surface area contributed by atoms with Gasteiger partial charge in [-0.05, 0) is 210 Å². The molecular weight excluding hydrogens is 1180 g/mol. The maximum atomic E-state index is 5.23. The maximum Gasteiger partial charge on any atom is 0.139 e. The molecule has 0 saturated heterocycles. The van der Waals surface area contributed by atoms with Crippen LogP contribution in [0, 0.1) is 0 Å². The van der Waals surface area contributed by atoms with E-state index in [9.17, 15) is 0 Å². The van der Waals surface area contributed by atoms with Gasteiger partial charge in [-0.2, -0.15) is 0 Å². The quantitative estimate of drug-likeness (QED) is 0.127. The molecule has 0 aliphatic heterocycles. The van der Waals surface area contributed by atoms with E-state index >= 15 is 0 Å². The molecule has 19 rings (SSSR count). The Morgan fingerprint density at radius 1 is 0.268 bits per heavy atom. The predicted octanol–water partition coefficient (Wildman–Crippen LogP) is 22.8. The number of fused-ring (bicyclic) bond motifs is 16. The first-order chi connectivity index (χ1) is 47.5. The summed E-state index contributed by atoms with van der Waals surface area (Å²) < 4.78 is 0. The van der Waals surface area contributed by atoms with Gasteiger partial charge in [0.15, 0.2) is 0 Å². The van der Waals surface area contributed by atoms with E-state index in [1.54, 1.807) is 0 Å². The molecular formula is C91H66N6. The lowest BCUT2D eigenvalue weighted by molar-refractivity contribution is 0.563. The molecule has 4 aromatic heterocycles. The van der Waals surface area contributed by atoms with Crippen LogP contribution in [0.2, 0.25) is 0 Å². The number of hydrogen-bond acceptors (Lipinski definition) is 6. The minimum absolute atomic E-state index is 0.179. The first-order valence-electron chi connectivity index (χ1n) is 33.8. The van der Waals surface area contributed by atoms with E-state index in [1.807, 2.05) is 0 Å². The van der Waals surface area contributed by atoms with Crippen LogP contribution in [-0.4, -0.2) is 19.9 Å². The zero-order chi connectivity index (χ0) is 64.7. The van der Waals surface area contributed by atoms with Crippen molar-refractivity contribution in [3.8, 4) is 33.4 Å². The number of nitrogens with zero attached hydrogens (tertiary/aromatic N) is 6. The highest BCUT2D eigenvalue weighted by Gasteiger charge is 2.47. The van der Waals surface area contributed by atoms with Crippen LogP contribution in [-0.2, 0) is 29.1 Å². The summed E-state index contributed by atoms with van der Waals surface area (Å²) in [5, 5.41) is 4.42. The van der Waals surface area contributed by atoms with Gasteiger partial charge < -0.3 is 0 Å². The van der Waals surface area contributed by atoms with Gasteiger partial charge in [-0.25, -0.2) is 19.9 Å². The van der Waals surface area contributed by atoms with Crippen molar-refractivity contribution >= 4 is 103 Å². The van der Waals surface area contributed by atoms with Crippen LogP contribution in [0.3, 0.4) is 0 Å². The summed E-state index contributed by atoms with van der Waals surface area (Å²) in [6.45, 7) is 9.47. The highest BCUT2D eigenvalue weighted by molar-refractivity contribution is 5.93. The highest BCUT2D eigenvalue weighted by atomic mass is 15.2. The van der Waals surface area contributed by atoms with E-state index in [-0.39, 0.29) is 16.2 Å². The molecule has 460 valence electrons. The van der Waals surface area contributed by atoms with Gasteiger partial charge in [-0.15, -0.1) is 0 Å². The number of benzene rings is 11. The van der Waals surface area contributed by atoms with Crippen LogP contribution < -0.4 is 9.80 Å². The van der Waals surface area contributed by atoms with Crippen molar-refractivity contribution in [3.63, 3.8) is 0 Å². The fraction of sp³-hybridized carbons (Fsp3) is 0.0989. The standard InChI is InChI=1S/C91H66N6/c1-89(2)75-49-57(29-39-69(75)71-43-37-67(53-77(71)89)96(85-45-33-61-15-7-11-21-81(61)92-85)86-46-34-62-16-8-12-22-82(62)93-86)25-27-59-31-41-73-74-42-32-60(52-80(74)91(79(73)51-59)55-65-19-5-6-20-66(65)56-91)28-26-58-30-40-70-72-44-38-68(54-78(72)90(3,4)76(70)50-58)97(87-47-35-63-17-9-13-23-83(63)94-87)88-48-36-64-18-10-14-24-84(64)95-88/h5-54H,55-56H2,1-4H3/b27-25+,28-26+. The van der Waals surface area contributed by atoms with Crippen LogP contribution in [0.1, 0.15) is 94.5 Å². The molecule has 0 amide bonds. The van der Waals surface area contributed by atoms with Gasteiger partial charge in [0.2, 0.25) is 0 Å². The summed E-state index contributed by atoms with van der Waals surface area (Å²) in [5.41, 5.74) is 28.6. The summed E-state index contributed by atoms with van der Waals surface area (Å²) in [5.74, 6) is 3.31. The molecule has 4 heterocycles. The SMILES string of the molecule is CC1(C)c2cc(/C=C/c3ccc4c(c3)C3(Cc5ccccc5C3)c3cc(/C=C/c5ccc6c(c5)C(C)(C)c5cc(N(c7ccc8ccccc8n7)c7ccc8ccccc8n7)ccc5-6)ccc3-4)ccc2-c2ccc(N(c3ccc4ccccc4n3)c3ccc4ccccc4n3)cc21. The van der Waals surface area contributed by atoms with Gasteiger partial charge >= 0.3 is 0 Å². The summed E-state index contributed by atoms with van der Waals surface area (Å²) in [7, 11) is 0. The number of pyridine rings is 4. The molecule has 1 spiro atoms. The smallest absolute Gasteiger partial charge is 0.139 e. The van der Waals surface area contributed by atoms with Crippen molar-refractivity contribution < 1.29 is 0 Å². The molecule has 0 N–H and O–H groups in total. The van der Waals surface area contributed by atoms with E-state index in [0.717, 1.165) is 91.1 Å². The lowest BCUT2D eigenvalue weighted by Gasteiger charge is -2.27. The van der Waals surface area contributed by atoms with Crippen molar-refractivity contribution in [2.45, 2.75) is 56.8 Å². The minimum atomic E-state index is -0.267. The Morgan fingerprint density at radius 3 is 0.866 bits per heavy atom. The zero-order valence-electron chi connectivity index (χ0n) is 54.5. The van der Waals surface area contributed by atoms with E-state index in [1.165, 1.54) is 100 Å². The van der Waals surface area contributed by atoms with Crippen LogP contribution in [0.5, 0.6) is 0 Å². The average Bonchev–Trinajstić information content (AvgIpc) is 1.56. The molecule has 0 fully saturated rings. The molecule has 0 radical (unpaired) electrons.